The number of anilines is 1. The summed E-state index contributed by atoms with van der Waals surface area (Å²) in [5, 5.41) is 11.2. The van der Waals surface area contributed by atoms with Crippen molar-refractivity contribution >= 4 is 28.4 Å². The van der Waals surface area contributed by atoms with Crippen molar-refractivity contribution in [2.24, 2.45) is 0 Å². The van der Waals surface area contributed by atoms with E-state index >= 15 is 0 Å². The van der Waals surface area contributed by atoms with Crippen LogP contribution in [0.4, 0.5) is 5.69 Å². The topological polar surface area (TPSA) is 113 Å². The molecule has 1 saturated carbocycles. The molecule has 2 amide bonds. The van der Waals surface area contributed by atoms with Crippen LogP contribution in [0, 0.1) is 0 Å². The first kappa shape index (κ1) is 20.1. The number of rotatable bonds is 6. The molecule has 0 spiro atoms. The Morgan fingerprint density at radius 1 is 1.17 bits per heavy atom. The molecule has 158 valence electrons. The maximum absolute atomic E-state index is 12.4. The Balaban J connectivity index is 1.41. The lowest BCUT2D eigenvalue weighted by atomic mass is 9.89. The number of fused-ring (bicyclic) bond motifs is 1. The van der Waals surface area contributed by atoms with E-state index in [2.05, 4.69) is 25.8 Å². The Morgan fingerprint density at radius 2 is 1.97 bits per heavy atom. The van der Waals surface area contributed by atoms with Crippen LogP contribution in [0.25, 0.3) is 10.9 Å². The third kappa shape index (κ3) is 4.37. The lowest BCUT2D eigenvalue weighted by molar-refractivity contribution is -0.121. The molecule has 8 heteroatoms. The van der Waals surface area contributed by atoms with Crippen molar-refractivity contribution in [3.8, 4) is 0 Å². The second-order valence-corrected chi connectivity index (χ2v) is 7.98. The van der Waals surface area contributed by atoms with E-state index in [0.29, 0.717) is 18.1 Å². The molecule has 2 aromatic heterocycles. The van der Waals surface area contributed by atoms with E-state index in [1.54, 1.807) is 0 Å². The SMILES string of the molecule is CC(=O)NC1(c2noc(CCC(=O)Nc3cccc4[nH]ccc34)n2)CCCCCC1. The summed E-state index contributed by atoms with van der Waals surface area (Å²) >= 11 is 0. The zero-order valence-electron chi connectivity index (χ0n) is 17.2. The summed E-state index contributed by atoms with van der Waals surface area (Å²) in [4.78, 5) is 31.9. The van der Waals surface area contributed by atoms with E-state index in [1.807, 2.05) is 30.5 Å². The first-order valence-corrected chi connectivity index (χ1v) is 10.5. The summed E-state index contributed by atoms with van der Waals surface area (Å²) in [6, 6.07) is 7.67. The van der Waals surface area contributed by atoms with E-state index in [1.165, 1.54) is 6.92 Å². The van der Waals surface area contributed by atoms with E-state index in [0.717, 1.165) is 55.1 Å². The molecular weight excluding hydrogens is 382 g/mol. The normalized spacial score (nSPS) is 16.2. The van der Waals surface area contributed by atoms with Crippen LogP contribution < -0.4 is 10.6 Å². The van der Waals surface area contributed by atoms with Crippen LogP contribution in [0.3, 0.4) is 0 Å². The van der Waals surface area contributed by atoms with Gasteiger partial charge in [0.15, 0.2) is 5.82 Å². The highest BCUT2D eigenvalue weighted by molar-refractivity contribution is 6.01. The van der Waals surface area contributed by atoms with Crippen molar-refractivity contribution in [3.63, 3.8) is 0 Å². The first-order valence-electron chi connectivity index (χ1n) is 10.5. The van der Waals surface area contributed by atoms with Gasteiger partial charge in [0.25, 0.3) is 0 Å². The number of aromatic nitrogens is 3. The van der Waals surface area contributed by atoms with Crippen molar-refractivity contribution < 1.29 is 14.1 Å². The summed E-state index contributed by atoms with van der Waals surface area (Å²) in [6.45, 7) is 1.52. The number of amides is 2. The average Bonchev–Trinajstić information content (AvgIpc) is 3.33. The predicted octanol–water partition coefficient (Wildman–Crippen LogP) is 3.81. The Bertz CT molecular complexity index is 1030. The molecule has 1 fully saturated rings. The van der Waals surface area contributed by atoms with Gasteiger partial charge in [-0.25, -0.2) is 0 Å². The van der Waals surface area contributed by atoms with Gasteiger partial charge in [-0.05, 0) is 31.0 Å². The molecule has 3 aromatic rings. The predicted molar refractivity (Wildman–Crippen MR) is 113 cm³/mol. The Labute approximate surface area is 174 Å². The number of carbonyl (C=O) groups excluding carboxylic acids is 2. The van der Waals surface area contributed by atoms with Crippen molar-refractivity contribution in [1.29, 1.82) is 0 Å². The zero-order valence-corrected chi connectivity index (χ0v) is 17.2. The number of carbonyl (C=O) groups is 2. The third-order valence-electron chi connectivity index (χ3n) is 5.70. The summed E-state index contributed by atoms with van der Waals surface area (Å²) in [7, 11) is 0. The molecule has 0 radical (unpaired) electrons. The van der Waals surface area contributed by atoms with Crippen LogP contribution in [0.15, 0.2) is 35.0 Å². The van der Waals surface area contributed by atoms with Gasteiger partial charge in [0, 0.05) is 36.9 Å². The number of aryl methyl sites for hydroxylation is 1. The molecule has 0 atom stereocenters. The van der Waals surface area contributed by atoms with Gasteiger partial charge in [-0.15, -0.1) is 0 Å². The molecule has 0 aliphatic heterocycles. The number of nitrogens with one attached hydrogen (secondary N) is 3. The molecule has 30 heavy (non-hydrogen) atoms. The molecular formula is C22H27N5O3. The average molecular weight is 409 g/mol. The summed E-state index contributed by atoms with van der Waals surface area (Å²) in [5.74, 6) is 0.720. The van der Waals surface area contributed by atoms with Crippen LogP contribution in [-0.4, -0.2) is 26.9 Å². The molecule has 1 aliphatic rings. The second kappa shape index (κ2) is 8.69. The summed E-state index contributed by atoms with van der Waals surface area (Å²) < 4.78 is 5.43. The van der Waals surface area contributed by atoms with Crippen molar-refractivity contribution in [2.75, 3.05) is 5.32 Å². The standard InChI is InChI=1S/C22H27N5O3/c1-15(28)26-22(12-4-2-3-5-13-22)21-25-20(30-27-21)10-9-19(29)24-18-8-6-7-17-16(18)11-14-23-17/h6-8,11,14,23H,2-5,9-10,12-13H2,1H3,(H,24,29)(H,26,28). The summed E-state index contributed by atoms with van der Waals surface area (Å²) in [6.07, 6.45) is 8.32. The van der Waals surface area contributed by atoms with Crippen molar-refractivity contribution in [2.45, 2.75) is 63.8 Å². The molecule has 1 aromatic carbocycles. The first-order chi connectivity index (χ1) is 14.6. The Hall–Kier alpha value is -3.16. The van der Waals surface area contributed by atoms with Gasteiger partial charge in [0.2, 0.25) is 17.7 Å². The fourth-order valence-corrected chi connectivity index (χ4v) is 4.25. The molecule has 0 bridgehead atoms. The molecule has 0 unspecified atom stereocenters. The van der Waals surface area contributed by atoms with Crippen LogP contribution in [0.5, 0.6) is 0 Å². The number of hydrogen-bond acceptors (Lipinski definition) is 5. The third-order valence-corrected chi connectivity index (χ3v) is 5.70. The molecule has 1 aliphatic carbocycles. The maximum atomic E-state index is 12.4. The number of H-pyrrole nitrogens is 1. The largest absolute Gasteiger partial charge is 0.361 e. The zero-order chi connectivity index (χ0) is 21.0. The molecule has 4 rings (SSSR count). The smallest absolute Gasteiger partial charge is 0.227 e. The van der Waals surface area contributed by atoms with Gasteiger partial charge in [-0.2, -0.15) is 4.98 Å². The van der Waals surface area contributed by atoms with Gasteiger partial charge in [-0.1, -0.05) is 36.9 Å². The Kier molecular flexibility index (Phi) is 5.83. The number of nitrogens with zero attached hydrogens (tertiary/aromatic N) is 2. The van der Waals surface area contributed by atoms with E-state index in [-0.39, 0.29) is 18.2 Å². The van der Waals surface area contributed by atoms with Gasteiger partial charge >= 0.3 is 0 Å². The van der Waals surface area contributed by atoms with Gasteiger partial charge in [0.05, 0.1) is 5.69 Å². The minimum atomic E-state index is -0.573. The second-order valence-electron chi connectivity index (χ2n) is 7.98. The molecule has 8 nitrogen and oxygen atoms in total. The highest BCUT2D eigenvalue weighted by Crippen LogP contribution is 2.34. The van der Waals surface area contributed by atoms with Crippen LogP contribution in [0.2, 0.25) is 0 Å². The van der Waals surface area contributed by atoms with Crippen molar-refractivity contribution in [1.82, 2.24) is 20.4 Å². The number of benzene rings is 1. The van der Waals surface area contributed by atoms with Crippen LogP contribution >= 0.6 is 0 Å². The lowest BCUT2D eigenvalue weighted by Crippen LogP contribution is -2.45. The maximum Gasteiger partial charge on any atom is 0.227 e. The highest BCUT2D eigenvalue weighted by Gasteiger charge is 2.38. The number of aromatic amines is 1. The highest BCUT2D eigenvalue weighted by atomic mass is 16.5. The minimum absolute atomic E-state index is 0.0958. The Morgan fingerprint density at radius 3 is 2.73 bits per heavy atom. The molecule has 3 N–H and O–H groups in total. The van der Waals surface area contributed by atoms with Crippen LogP contribution in [0.1, 0.15) is 63.6 Å². The summed E-state index contributed by atoms with van der Waals surface area (Å²) in [5.41, 5.74) is 1.17. The van der Waals surface area contributed by atoms with Crippen molar-refractivity contribution in [3.05, 3.63) is 42.2 Å². The lowest BCUT2D eigenvalue weighted by Gasteiger charge is -2.30. The quantitative estimate of drug-likeness (QED) is 0.536. The van der Waals surface area contributed by atoms with Gasteiger partial charge in [0.1, 0.15) is 5.54 Å². The van der Waals surface area contributed by atoms with Gasteiger partial charge in [-0.3, -0.25) is 9.59 Å². The number of hydrogen-bond donors (Lipinski definition) is 3. The monoisotopic (exact) mass is 409 g/mol. The van der Waals surface area contributed by atoms with Crippen LogP contribution in [-0.2, 0) is 21.5 Å². The fraction of sp³-hybridized carbons (Fsp3) is 0.455. The molecule has 2 heterocycles. The van der Waals surface area contributed by atoms with E-state index in [4.69, 9.17) is 4.52 Å². The van der Waals surface area contributed by atoms with Gasteiger partial charge < -0.3 is 20.1 Å². The van der Waals surface area contributed by atoms with E-state index in [9.17, 15) is 9.59 Å². The fourth-order valence-electron chi connectivity index (χ4n) is 4.25. The minimum Gasteiger partial charge on any atom is -0.361 e. The molecule has 0 saturated heterocycles. The van der Waals surface area contributed by atoms with E-state index < -0.39 is 5.54 Å².